The molecule has 3 nitrogen and oxygen atoms in total. The van der Waals surface area contributed by atoms with Crippen molar-refractivity contribution in [3.63, 3.8) is 0 Å². The van der Waals surface area contributed by atoms with Crippen molar-refractivity contribution in [1.82, 2.24) is 4.98 Å². The van der Waals surface area contributed by atoms with Crippen LogP contribution in [0, 0.1) is 0 Å². The van der Waals surface area contributed by atoms with Crippen LogP contribution < -0.4 is 10.5 Å². The summed E-state index contributed by atoms with van der Waals surface area (Å²) in [6, 6.07) is 3.96. The van der Waals surface area contributed by atoms with Crippen LogP contribution in [-0.4, -0.2) is 11.6 Å². The molecule has 0 amide bonds. The second kappa shape index (κ2) is 6.40. The van der Waals surface area contributed by atoms with Crippen molar-refractivity contribution in [3.05, 3.63) is 23.4 Å². The number of hydrogen-bond acceptors (Lipinski definition) is 3. The fraction of sp³-hybridized carbons (Fsp3) is 0.583. The van der Waals surface area contributed by atoms with Crippen molar-refractivity contribution in [2.75, 3.05) is 6.61 Å². The Morgan fingerprint density at radius 2 is 2.13 bits per heavy atom. The highest BCUT2D eigenvalue weighted by molar-refractivity contribution is 5.25. The zero-order chi connectivity index (χ0) is 11.1. The summed E-state index contributed by atoms with van der Waals surface area (Å²) in [4.78, 5) is 4.39. The summed E-state index contributed by atoms with van der Waals surface area (Å²) in [5.74, 6) is 0.711. The van der Waals surface area contributed by atoms with E-state index in [-0.39, 0.29) is 0 Å². The van der Waals surface area contributed by atoms with Gasteiger partial charge in [0.15, 0.2) is 0 Å². The zero-order valence-corrected chi connectivity index (χ0v) is 9.62. The van der Waals surface area contributed by atoms with Gasteiger partial charge in [-0.25, -0.2) is 4.98 Å². The van der Waals surface area contributed by atoms with E-state index in [0.717, 1.165) is 37.1 Å². The van der Waals surface area contributed by atoms with E-state index in [9.17, 15) is 0 Å². The normalized spacial score (nSPS) is 10.3. The number of hydrogen-bond donors (Lipinski definition) is 1. The zero-order valence-electron chi connectivity index (χ0n) is 9.62. The molecule has 2 N–H and O–H groups in total. The predicted molar refractivity (Wildman–Crippen MR) is 61.9 cm³/mol. The SMILES string of the molecule is CCCCOc1cc(CN)cc(CC)n1. The van der Waals surface area contributed by atoms with Gasteiger partial charge in [0.05, 0.1) is 6.61 Å². The number of nitrogens with zero attached hydrogens (tertiary/aromatic N) is 1. The molecule has 0 aliphatic carbocycles. The quantitative estimate of drug-likeness (QED) is 0.730. The van der Waals surface area contributed by atoms with E-state index in [1.807, 2.05) is 12.1 Å². The molecule has 1 aromatic heterocycles. The van der Waals surface area contributed by atoms with Crippen molar-refractivity contribution >= 4 is 0 Å². The average Bonchev–Trinajstić information content (AvgIpc) is 2.29. The van der Waals surface area contributed by atoms with Gasteiger partial charge in [0.1, 0.15) is 0 Å². The highest BCUT2D eigenvalue weighted by atomic mass is 16.5. The Bertz CT molecular complexity index is 277. The van der Waals surface area contributed by atoms with Crippen molar-refractivity contribution in [1.29, 1.82) is 0 Å². The van der Waals surface area contributed by atoms with E-state index in [2.05, 4.69) is 18.8 Å². The van der Waals surface area contributed by atoms with E-state index >= 15 is 0 Å². The van der Waals surface area contributed by atoms with Gasteiger partial charge in [-0.1, -0.05) is 20.3 Å². The highest BCUT2D eigenvalue weighted by Gasteiger charge is 2.01. The lowest BCUT2D eigenvalue weighted by Gasteiger charge is -2.08. The summed E-state index contributed by atoms with van der Waals surface area (Å²) < 4.78 is 5.56. The lowest BCUT2D eigenvalue weighted by Crippen LogP contribution is -2.04. The predicted octanol–water partition coefficient (Wildman–Crippen LogP) is 2.28. The molecule has 0 aromatic carbocycles. The van der Waals surface area contributed by atoms with Gasteiger partial charge in [-0.15, -0.1) is 0 Å². The molecule has 0 aliphatic rings. The van der Waals surface area contributed by atoms with Crippen LogP contribution in [0.4, 0.5) is 0 Å². The standard InChI is InChI=1S/C12H20N2O/c1-3-5-6-15-12-8-10(9-13)7-11(4-2)14-12/h7-8H,3-6,9,13H2,1-2H3. The maximum absolute atomic E-state index is 5.61. The van der Waals surface area contributed by atoms with Crippen molar-refractivity contribution < 1.29 is 4.74 Å². The van der Waals surface area contributed by atoms with E-state index in [4.69, 9.17) is 10.5 Å². The monoisotopic (exact) mass is 208 g/mol. The summed E-state index contributed by atoms with van der Waals surface area (Å²) in [7, 11) is 0. The van der Waals surface area contributed by atoms with E-state index in [1.54, 1.807) is 0 Å². The summed E-state index contributed by atoms with van der Waals surface area (Å²) in [6.07, 6.45) is 3.12. The summed E-state index contributed by atoms with van der Waals surface area (Å²) in [6.45, 7) is 5.50. The smallest absolute Gasteiger partial charge is 0.213 e. The van der Waals surface area contributed by atoms with E-state index < -0.39 is 0 Å². The second-order valence-corrected chi connectivity index (χ2v) is 3.56. The largest absolute Gasteiger partial charge is 0.478 e. The minimum absolute atomic E-state index is 0.541. The Balaban J connectivity index is 2.68. The molecule has 15 heavy (non-hydrogen) atoms. The van der Waals surface area contributed by atoms with Gasteiger partial charge in [-0.2, -0.15) is 0 Å². The molecule has 1 aromatic rings. The van der Waals surface area contributed by atoms with Gasteiger partial charge in [0.2, 0.25) is 5.88 Å². The first kappa shape index (κ1) is 12.0. The first-order valence-corrected chi connectivity index (χ1v) is 5.62. The van der Waals surface area contributed by atoms with Crippen LogP contribution in [-0.2, 0) is 13.0 Å². The van der Waals surface area contributed by atoms with Crippen LogP contribution >= 0.6 is 0 Å². The Morgan fingerprint density at radius 1 is 1.33 bits per heavy atom. The van der Waals surface area contributed by atoms with Crippen molar-refractivity contribution in [2.24, 2.45) is 5.73 Å². The fourth-order valence-electron chi connectivity index (χ4n) is 1.31. The third-order valence-corrected chi connectivity index (χ3v) is 2.26. The molecule has 0 radical (unpaired) electrons. The van der Waals surface area contributed by atoms with Crippen LogP contribution in [0.2, 0.25) is 0 Å². The Kier molecular flexibility index (Phi) is 5.12. The molecule has 1 rings (SSSR count). The van der Waals surface area contributed by atoms with E-state index in [1.165, 1.54) is 0 Å². The molecule has 0 atom stereocenters. The minimum Gasteiger partial charge on any atom is -0.478 e. The molecule has 0 saturated heterocycles. The van der Waals surface area contributed by atoms with Crippen LogP contribution in [0.15, 0.2) is 12.1 Å². The summed E-state index contributed by atoms with van der Waals surface area (Å²) in [5, 5.41) is 0. The lowest BCUT2D eigenvalue weighted by molar-refractivity contribution is 0.296. The maximum atomic E-state index is 5.61. The minimum atomic E-state index is 0.541. The first-order valence-electron chi connectivity index (χ1n) is 5.62. The first-order chi connectivity index (χ1) is 7.30. The van der Waals surface area contributed by atoms with Gasteiger partial charge in [-0.3, -0.25) is 0 Å². The molecule has 0 saturated carbocycles. The third-order valence-electron chi connectivity index (χ3n) is 2.26. The maximum Gasteiger partial charge on any atom is 0.213 e. The van der Waals surface area contributed by atoms with Crippen molar-refractivity contribution in [2.45, 2.75) is 39.7 Å². The number of pyridine rings is 1. The number of ether oxygens (including phenoxy) is 1. The molecular formula is C12H20N2O. The van der Waals surface area contributed by atoms with Crippen LogP contribution in [0.25, 0.3) is 0 Å². The summed E-state index contributed by atoms with van der Waals surface area (Å²) >= 11 is 0. The number of aromatic nitrogens is 1. The number of aryl methyl sites for hydroxylation is 1. The number of nitrogens with two attached hydrogens (primary N) is 1. The Morgan fingerprint density at radius 3 is 2.73 bits per heavy atom. The van der Waals surface area contributed by atoms with Crippen LogP contribution in [0.1, 0.15) is 37.9 Å². The van der Waals surface area contributed by atoms with E-state index in [0.29, 0.717) is 12.4 Å². The number of rotatable bonds is 6. The molecule has 1 heterocycles. The highest BCUT2D eigenvalue weighted by Crippen LogP contribution is 2.13. The van der Waals surface area contributed by atoms with Gasteiger partial charge in [0.25, 0.3) is 0 Å². The molecule has 84 valence electrons. The molecule has 0 spiro atoms. The van der Waals surface area contributed by atoms with Gasteiger partial charge in [0, 0.05) is 18.3 Å². The molecular weight excluding hydrogens is 188 g/mol. The molecule has 0 unspecified atom stereocenters. The average molecular weight is 208 g/mol. The summed E-state index contributed by atoms with van der Waals surface area (Å²) in [5.41, 5.74) is 7.75. The third kappa shape index (κ3) is 3.88. The molecule has 3 heteroatoms. The molecule has 0 bridgehead atoms. The topological polar surface area (TPSA) is 48.1 Å². The number of unbranched alkanes of at least 4 members (excludes halogenated alkanes) is 1. The van der Waals surface area contributed by atoms with Crippen molar-refractivity contribution in [3.8, 4) is 5.88 Å². The van der Waals surface area contributed by atoms with Crippen LogP contribution in [0.5, 0.6) is 5.88 Å². The fourth-order valence-corrected chi connectivity index (χ4v) is 1.31. The lowest BCUT2D eigenvalue weighted by atomic mass is 10.2. The van der Waals surface area contributed by atoms with Gasteiger partial charge < -0.3 is 10.5 Å². The van der Waals surface area contributed by atoms with Gasteiger partial charge >= 0.3 is 0 Å². The Hall–Kier alpha value is -1.09. The van der Waals surface area contributed by atoms with Crippen LogP contribution in [0.3, 0.4) is 0 Å². The second-order valence-electron chi connectivity index (χ2n) is 3.56. The Labute approximate surface area is 91.7 Å². The molecule has 0 aliphatic heterocycles. The van der Waals surface area contributed by atoms with Gasteiger partial charge in [-0.05, 0) is 24.5 Å². The molecule has 0 fully saturated rings.